The Morgan fingerprint density at radius 1 is 0.692 bits per heavy atom. The fourth-order valence-corrected chi connectivity index (χ4v) is 3.53. The van der Waals surface area contributed by atoms with Crippen LogP contribution in [0.15, 0.2) is 24.3 Å². The van der Waals surface area contributed by atoms with Crippen LogP contribution in [-0.2, 0) is 4.79 Å². The molecule has 2 nitrogen and oxygen atoms in total. The number of unbranched alkanes of at least 4 members (excludes halogenated alkanes) is 10. The largest absolute Gasteiger partial charge is 0.343 e. The lowest BCUT2D eigenvalue weighted by Crippen LogP contribution is -2.27. The lowest BCUT2D eigenvalue weighted by atomic mass is 10.1. The summed E-state index contributed by atoms with van der Waals surface area (Å²) in [4.78, 5) is 13.9. The molecule has 1 fully saturated rings. The first kappa shape index (κ1) is 23.0. The maximum atomic E-state index is 11.9. The van der Waals surface area contributed by atoms with E-state index in [1.54, 1.807) is 0 Å². The van der Waals surface area contributed by atoms with Gasteiger partial charge in [-0.3, -0.25) is 4.79 Å². The molecule has 150 valence electrons. The number of hydrogen-bond acceptors (Lipinski definition) is 1. The maximum Gasteiger partial charge on any atom is 0.222 e. The van der Waals surface area contributed by atoms with E-state index in [4.69, 9.17) is 0 Å². The molecule has 1 aliphatic rings. The minimum atomic E-state index is 0.374. The molecule has 0 aromatic carbocycles. The molecule has 1 amide bonds. The van der Waals surface area contributed by atoms with Crippen LogP contribution < -0.4 is 0 Å². The molecule has 0 aliphatic carbocycles. The molecule has 0 atom stereocenters. The molecule has 0 aromatic rings. The van der Waals surface area contributed by atoms with Gasteiger partial charge >= 0.3 is 0 Å². The molecule has 1 rings (SSSR count). The predicted octanol–water partition coefficient (Wildman–Crippen LogP) is 7.20. The van der Waals surface area contributed by atoms with Crippen LogP contribution in [0.25, 0.3) is 0 Å². The quantitative estimate of drug-likeness (QED) is 0.210. The van der Waals surface area contributed by atoms with Gasteiger partial charge in [0.05, 0.1) is 0 Å². The van der Waals surface area contributed by atoms with E-state index >= 15 is 0 Å². The number of amides is 1. The molecule has 0 spiro atoms. The summed E-state index contributed by atoms with van der Waals surface area (Å²) in [6.07, 6.45) is 29.1. The molecule has 1 heterocycles. The predicted molar refractivity (Wildman–Crippen MR) is 114 cm³/mol. The van der Waals surface area contributed by atoms with Crippen molar-refractivity contribution in [2.24, 2.45) is 0 Å². The van der Waals surface area contributed by atoms with E-state index in [-0.39, 0.29) is 0 Å². The summed E-state index contributed by atoms with van der Waals surface area (Å²) < 4.78 is 0. The molecule has 0 aromatic heterocycles. The van der Waals surface area contributed by atoms with Crippen LogP contribution in [-0.4, -0.2) is 23.9 Å². The highest BCUT2D eigenvalue weighted by molar-refractivity contribution is 5.76. The van der Waals surface area contributed by atoms with Crippen LogP contribution >= 0.6 is 0 Å². The zero-order chi connectivity index (χ0) is 18.7. The zero-order valence-corrected chi connectivity index (χ0v) is 17.4. The molecule has 0 unspecified atom stereocenters. The third kappa shape index (κ3) is 13.2. The Labute approximate surface area is 163 Å². The van der Waals surface area contributed by atoms with Crippen molar-refractivity contribution in [3.8, 4) is 0 Å². The molecule has 1 aliphatic heterocycles. The summed E-state index contributed by atoms with van der Waals surface area (Å²) in [7, 11) is 0. The minimum absolute atomic E-state index is 0.374. The fraction of sp³-hybridized carbons (Fsp3) is 0.792. The number of likely N-dealkylation sites (tertiary alicyclic amines) is 1. The van der Waals surface area contributed by atoms with Gasteiger partial charge in [-0.1, -0.05) is 63.3 Å². The number of rotatable bonds is 16. The van der Waals surface area contributed by atoms with Crippen LogP contribution in [0, 0.1) is 0 Å². The first-order chi connectivity index (χ1) is 12.8. The average Bonchev–Trinajstić information content (AvgIpc) is 3.19. The lowest BCUT2D eigenvalue weighted by Gasteiger charge is -2.14. The Bertz CT molecular complexity index is 380. The van der Waals surface area contributed by atoms with E-state index in [9.17, 15) is 4.79 Å². The molecule has 0 saturated carbocycles. The second kappa shape index (κ2) is 17.4. The smallest absolute Gasteiger partial charge is 0.222 e. The molecule has 2 heteroatoms. The third-order valence-corrected chi connectivity index (χ3v) is 5.27. The van der Waals surface area contributed by atoms with Gasteiger partial charge in [-0.25, -0.2) is 0 Å². The highest BCUT2D eigenvalue weighted by Gasteiger charge is 2.16. The van der Waals surface area contributed by atoms with Crippen molar-refractivity contribution in [1.29, 1.82) is 0 Å². The lowest BCUT2D eigenvalue weighted by molar-refractivity contribution is -0.130. The van der Waals surface area contributed by atoms with E-state index in [0.29, 0.717) is 5.91 Å². The van der Waals surface area contributed by atoms with Gasteiger partial charge in [-0.15, -0.1) is 0 Å². The molecule has 1 saturated heterocycles. The Morgan fingerprint density at radius 3 is 1.81 bits per heavy atom. The minimum Gasteiger partial charge on any atom is -0.343 e. The second-order valence-corrected chi connectivity index (χ2v) is 7.76. The van der Waals surface area contributed by atoms with Gasteiger partial charge < -0.3 is 4.90 Å². The number of hydrogen-bond donors (Lipinski definition) is 0. The SMILES string of the molecule is CCCCCCCC/C=C/CCC/C=C/CCCCC(=O)N1CCCC1. The van der Waals surface area contributed by atoms with Crippen molar-refractivity contribution in [3.05, 3.63) is 24.3 Å². The number of carbonyl (C=O) groups is 1. The van der Waals surface area contributed by atoms with Crippen molar-refractivity contribution in [1.82, 2.24) is 4.90 Å². The highest BCUT2D eigenvalue weighted by Crippen LogP contribution is 2.12. The molecule has 0 radical (unpaired) electrons. The van der Waals surface area contributed by atoms with Crippen LogP contribution in [0.1, 0.15) is 110 Å². The number of carbonyl (C=O) groups excluding carboxylic acids is 1. The Hall–Kier alpha value is -1.05. The Kier molecular flexibility index (Phi) is 15.4. The van der Waals surface area contributed by atoms with Gasteiger partial charge in [-0.2, -0.15) is 0 Å². The molecule has 0 N–H and O–H groups in total. The van der Waals surface area contributed by atoms with Gasteiger partial charge in [0.25, 0.3) is 0 Å². The molecule has 0 bridgehead atoms. The summed E-state index contributed by atoms with van der Waals surface area (Å²) in [6.45, 7) is 4.26. The normalized spacial score (nSPS) is 14.9. The van der Waals surface area contributed by atoms with Gasteiger partial charge in [0.15, 0.2) is 0 Å². The number of allylic oxidation sites excluding steroid dienone is 4. The molecular weight excluding hydrogens is 318 g/mol. The Morgan fingerprint density at radius 2 is 1.19 bits per heavy atom. The molecule has 26 heavy (non-hydrogen) atoms. The third-order valence-electron chi connectivity index (χ3n) is 5.27. The highest BCUT2D eigenvalue weighted by atomic mass is 16.2. The average molecular weight is 362 g/mol. The van der Waals surface area contributed by atoms with Gasteiger partial charge in [0, 0.05) is 19.5 Å². The van der Waals surface area contributed by atoms with Crippen molar-refractivity contribution in [2.75, 3.05) is 13.1 Å². The summed E-state index contributed by atoms with van der Waals surface area (Å²) in [5, 5.41) is 0. The first-order valence-electron chi connectivity index (χ1n) is 11.4. The second-order valence-electron chi connectivity index (χ2n) is 7.76. The van der Waals surface area contributed by atoms with Gasteiger partial charge in [-0.05, 0) is 64.2 Å². The van der Waals surface area contributed by atoms with Gasteiger partial charge in [0.1, 0.15) is 0 Å². The summed E-state index contributed by atoms with van der Waals surface area (Å²) >= 11 is 0. The van der Waals surface area contributed by atoms with Crippen LogP contribution in [0.4, 0.5) is 0 Å². The van der Waals surface area contributed by atoms with Crippen LogP contribution in [0.3, 0.4) is 0 Å². The van der Waals surface area contributed by atoms with Crippen LogP contribution in [0.2, 0.25) is 0 Å². The van der Waals surface area contributed by atoms with Crippen molar-refractivity contribution in [3.63, 3.8) is 0 Å². The van der Waals surface area contributed by atoms with Crippen molar-refractivity contribution >= 4 is 5.91 Å². The zero-order valence-electron chi connectivity index (χ0n) is 17.4. The van der Waals surface area contributed by atoms with E-state index in [2.05, 4.69) is 31.2 Å². The fourth-order valence-electron chi connectivity index (χ4n) is 3.53. The van der Waals surface area contributed by atoms with Gasteiger partial charge in [0.2, 0.25) is 5.91 Å². The number of nitrogens with zero attached hydrogens (tertiary/aromatic N) is 1. The monoisotopic (exact) mass is 361 g/mol. The van der Waals surface area contributed by atoms with Crippen molar-refractivity contribution in [2.45, 2.75) is 110 Å². The summed E-state index contributed by atoms with van der Waals surface area (Å²) in [5.74, 6) is 0.374. The van der Waals surface area contributed by atoms with Crippen molar-refractivity contribution < 1.29 is 4.79 Å². The Balaban J connectivity index is 1.80. The topological polar surface area (TPSA) is 20.3 Å². The molecular formula is C24H43NO. The van der Waals surface area contributed by atoms with E-state index < -0.39 is 0 Å². The van der Waals surface area contributed by atoms with Crippen LogP contribution in [0.5, 0.6) is 0 Å². The summed E-state index contributed by atoms with van der Waals surface area (Å²) in [6, 6.07) is 0. The summed E-state index contributed by atoms with van der Waals surface area (Å²) in [5.41, 5.74) is 0. The maximum absolute atomic E-state index is 11.9. The first-order valence-corrected chi connectivity index (χ1v) is 11.4. The van der Waals surface area contributed by atoms with E-state index in [0.717, 1.165) is 38.8 Å². The van der Waals surface area contributed by atoms with E-state index in [1.165, 1.54) is 77.0 Å². The standard InChI is InChI=1S/C24H43NO/c1-2-3-4-5-6-7-8-9-10-11-12-13-14-15-16-17-18-21-24(26)25-22-19-20-23-25/h9-10,14-15H,2-8,11-13,16-23H2,1H3/b10-9+,15-14+. The van der Waals surface area contributed by atoms with E-state index in [1.807, 2.05) is 4.90 Å².